The van der Waals surface area contributed by atoms with E-state index >= 15 is 0 Å². The molecule has 0 unspecified atom stereocenters. The number of hydrogen-bond acceptors (Lipinski definition) is 4. The van der Waals surface area contributed by atoms with Gasteiger partial charge in [0, 0.05) is 35.8 Å². The number of ether oxygens (including phenoxy) is 2. The summed E-state index contributed by atoms with van der Waals surface area (Å²) in [6.07, 6.45) is 1.35. The SMILES string of the molecule is COc1ccc(-c2ccc(C3(O)CCOCC3)s2)cc1. The van der Waals surface area contributed by atoms with Crippen molar-refractivity contribution in [1.82, 2.24) is 0 Å². The zero-order valence-electron chi connectivity index (χ0n) is 11.5. The minimum atomic E-state index is -0.715. The zero-order chi connectivity index (χ0) is 14.0. The van der Waals surface area contributed by atoms with Gasteiger partial charge in [-0.3, -0.25) is 0 Å². The van der Waals surface area contributed by atoms with Crippen molar-refractivity contribution in [3.63, 3.8) is 0 Å². The molecule has 0 spiro atoms. The molecule has 20 heavy (non-hydrogen) atoms. The van der Waals surface area contributed by atoms with Gasteiger partial charge in [-0.15, -0.1) is 11.3 Å². The lowest BCUT2D eigenvalue weighted by molar-refractivity contribution is -0.0656. The van der Waals surface area contributed by atoms with Crippen LogP contribution in [0.25, 0.3) is 10.4 Å². The molecule has 2 aromatic rings. The van der Waals surface area contributed by atoms with E-state index < -0.39 is 5.60 Å². The average Bonchev–Trinajstić information content (AvgIpc) is 2.99. The molecule has 3 nitrogen and oxygen atoms in total. The van der Waals surface area contributed by atoms with Gasteiger partial charge in [0.05, 0.1) is 7.11 Å². The van der Waals surface area contributed by atoms with Crippen LogP contribution in [0.5, 0.6) is 5.75 Å². The molecule has 0 atom stereocenters. The van der Waals surface area contributed by atoms with Crippen LogP contribution in [0.3, 0.4) is 0 Å². The van der Waals surface area contributed by atoms with Gasteiger partial charge in [-0.05, 0) is 42.0 Å². The number of thiophene rings is 1. The second kappa shape index (κ2) is 5.56. The molecule has 106 valence electrons. The molecule has 4 heteroatoms. The average molecular weight is 290 g/mol. The van der Waals surface area contributed by atoms with Gasteiger partial charge in [0.25, 0.3) is 0 Å². The standard InChI is InChI=1S/C16H18O3S/c1-18-13-4-2-12(3-5-13)14-6-7-15(20-14)16(17)8-10-19-11-9-16/h2-7,17H,8-11H2,1H3. The van der Waals surface area contributed by atoms with Gasteiger partial charge in [-0.2, -0.15) is 0 Å². The zero-order valence-corrected chi connectivity index (χ0v) is 12.3. The van der Waals surface area contributed by atoms with Gasteiger partial charge in [0.2, 0.25) is 0 Å². The van der Waals surface area contributed by atoms with Crippen LogP contribution in [0.15, 0.2) is 36.4 Å². The van der Waals surface area contributed by atoms with Crippen LogP contribution in [-0.2, 0) is 10.3 Å². The van der Waals surface area contributed by atoms with Gasteiger partial charge in [0.1, 0.15) is 11.4 Å². The minimum Gasteiger partial charge on any atom is -0.497 e. The van der Waals surface area contributed by atoms with E-state index in [2.05, 4.69) is 6.07 Å². The number of aliphatic hydroxyl groups is 1. The largest absolute Gasteiger partial charge is 0.497 e. The van der Waals surface area contributed by atoms with E-state index in [1.807, 2.05) is 30.3 Å². The fraction of sp³-hybridized carbons (Fsp3) is 0.375. The third kappa shape index (κ3) is 2.59. The van der Waals surface area contributed by atoms with Crippen molar-refractivity contribution >= 4 is 11.3 Å². The van der Waals surface area contributed by atoms with Crippen molar-refractivity contribution in [3.05, 3.63) is 41.3 Å². The van der Waals surface area contributed by atoms with Crippen LogP contribution < -0.4 is 4.74 Å². The highest BCUT2D eigenvalue weighted by Crippen LogP contribution is 2.39. The number of hydrogen-bond donors (Lipinski definition) is 1. The molecule has 1 saturated heterocycles. The summed E-state index contributed by atoms with van der Waals surface area (Å²) in [6.45, 7) is 1.26. The molecule has 1 aromatic heterocycles. The van der Waals surface area contributed by atoms with Crippen LogP contribution in [0.1, 0.15) is 17.7 Å². The smallest absolute Gasteiger partial charge is 0.118 e. The van der Waals surface area contributed by atoms with E-state index in [1.165, 1.54) is 4.88 Å². The molecule has 0 saturated carbocycles. The normalized spacial score (nSPS) is 17.9. The lowest BCUT2D eigenvalue weighted by Crippen LogP contribution is -2.32. The molecule has 1 aliphatic heterocycles. The molecule has 3 rings (SSSR count). The van der Waals surface area contributed by atoms with E-state index in [0.717, 1.165) is 16.2 Å². The molecule has 0 aliphatic carbocycles. The summed E-state index contributed by atoms with van der Waals surface area (Å²) in [5.41, 5.74) is 0.436. The van der Waals surface area contributed by atoms with Crippen LogP contribution in [0.2, 0.25) is 0 Å². The Kier molecular flexibility index (Phi) is 3.78. The third-order valence-electron chi connectivity index (χ3n) is 3.76. The Balaban J connectivity index is 1.85. The molecule has 0 bridgehead atoms. The quantitative estimate of drug-likeness (QED) is 0.941. The first-order valence-corrected chi connectivity index (χ1v) is 7.58. The minimum absolute atomic E-state index is 0.631. The summed E-state index contributed by atoms with van der Waals surface area (Å²) >= 11 is 1.66. The highest BCUT2D eigenvalue weighted by atomic mass is 32.1. The Morgan fingerprint density at radius 3 is 2.45 bits per heavy atom. The van der Waals surface area contributed by atoms with Crippen molar-refractivity contribution in [1.29, 1.82) is 0 Å². The molecule has 2 heterocycles. The van der Waals surface area contributed by atoms with Crippen molar-refractivity contribution in [2.24, 2.45) is 0 Å². The van der Waals surface area contributed by atoms with Crippen molar-refractivity contribution in [2.45, 2.75) is 18.4 Å². The summed E-state index contributed by atoms with van der Waals surface area (Å²) in [5.74, 6) is 0.855. The lowest BCUT2D eigenvalue weighted by atomic mass is 9.93. The van der Waals surface area contributed by atoms with Crippen LogP contribution in [0.4, 0.5) is 0 Å². The topological polar surface area (TPSA) is 38.7 Å². The first kappa shape index (κ1) is 13.6. The molecular formula is C16H18O3S. The number of rotatable bonds is 3. The number of methoxy groups -OCH3 is 1. The number of benzene rings is 1. The van der Waals surface area contributed by atoms with Crippen molar-refractivity contribution in [2.75, 3.05) is 20.3 Å². The summed E-state index contributed by atoms with van der Waals surface area (Å²) in [6, 6.07) is 12.1. The monoisotopic (exact) mass is 290 g/mol. The summed E-state index contributed by atoms with van der Waals surface area (Å²) in [7, 11) is 1.67. The maximum absolute atomic E-state index is 10.7. The van der Waals surface area contributed by atoms with Crippen LogP contribution in [-0.4, -0.2) is 25.4 Å². The van der Waals surface area contributed by atoms with Gasteiger partial charge in [-0.25, -0.2) is 0 Å². The van der Waals surface area contributed by atoms with E-state index in [1.54, 1.807) is 18.4 Å². The molecular weight excluding hydrogens is 272 g/mol. The van der Waals surface area contributed by atoms with E-state index in [4.69, 9.17) is 9.47 Å². The van der Waals surface area contributed by atoms with Crippen molar-refractivity contribution < 1.29 is 14.6 Å². The molecule has 0 amide bonds. The Morgan fingerprint density at radius 2 is 1.80 bits per heavy atom. The Labute approximate surface area is 122 Å². The van der Waals surface area contributed by atoms with Crippen LogP contribution >= 0.6 is 11.3 Å². The highest BCUT2D eigenvalue weighted by molar-refractivity contribution is 7.15. The van der Waals surface area contributed by atoms with Gasteiger partial charge >= 0.3 is 0 Å². The molecule has 0 radical (unpaired) electrons. The van der Waals surface area contributed by atoms with E-state index in [-0.39, 0.29) is 0 Å². The van der Waals surface area contributed by atoms with E-state index in [0.29, 0.717) is 26.1 Å². The Hall–Kier alpha value is -1.36. The van der Waals surface area contributed by atoms with E-state index in [9.17, 15) is 5.11 Å². The maximum Gasteiger partial charge on any atom is 0.118 e. The van der Waals surface area contributed by atoms with Crippen molar-refractivity contribution in [3.8, 4) is 16.2 Å². The summed E-state index contributed by atoms with van der Waals surface area (Å²) in [4.78, 5) is 2.20. The van der Waals surface area contributed by atoms with Crippen LogP contribution in [0, 0.1) is 0 Å². The Morgan fingerprint density at radius 1 is 1.10 bits per heavy atom. The summed E-state index contributed by atoms with van der Waals surface area (Å²) in [5, 5.41) is 10.7. The van der Waals surface area contributed by atoms with Gasteiger partial charge in [-0.1, -0.05) is 0 Å². The van der Waals surface area contributed by atoms with Gasteiger partial charge < -0.3 is 14.6 Å². The first-order valence-electron chi connectivity index (χ1n) is 6.76. The maximum atomic E-state index is 10.7. The fourth-order valence-electron chi connectivity index (χ4n) is 2.45. The first-order chi connectivity index (χ1) is 9.71. The van der Waals surface area contributed by atoms with Gasteiger partial charge in [0.15, 0.2) is 0 Å². The molecule has 1 aromatic carbocycles. The third-order valence-corrected chi connectivity index (χ3v) is 5.09. The second-order valence-electron chi connectivity index (χ2n) is 5.04. The predicted molar refractivity (Wildman–Crippen MR) is 80.3 cm³/mol. The summed E-state index contributed by atoms with van der Waals surface area (Å²) < 4.78 is 10.5. The fourth-order valence-corrected chi connectivity index (χ4v) is 3.61. The molecule has 1 aliphatic rings. The molecule has 1 N–H and O–H groups in total. The Bertz CT molecular complexity index is 568. The highest BCUT2D eigenvalue weighted by Gasteiger charge is 2.33. The second-order valence-corrected chi connectivity index (χ2v) is 6.12. The predicted octanol–water partition coefficient (Wildman–Crippen LogP) is 3.42. The molecule has 1 fully saturated rings. The lowest BCUT2D eigenvalue weighted by Gasteiger charge is -2.31.